The highest BCUT2D eigenvalue weighted by Crippen LogP contribution is 2.36. The zero-order valence-corrected chi connectivity index (χ0v) is 17.0. The molecule has 1 aromatic heterocycles. The number of aryl methyl sites for hydroxylation is 1. The molecule has 2 rings (SSSR count). The number of hydrogen-bond donors (Lipinski definition) is 2. The fourth-order valence-corrected chi connectivity index (χ4v) is 2.51. The van der Waals surface area contributed by atoms with Crippen LogP contribution in [0.25, 0.3) is 0 Å². The second-order valence-electron chi connectivity index (χ2n) is 6.42. The number of benzene rings is 1. The van der Waals surface area contributed by atoms with Gasteiger partial charge in [0.25, 0.3) is 5.91 Å². The number of nitrogens with one attached hydrogen (secondary N) is 2. The quantitative estimate of drug-likeness (QED) is 0.518. The number of hydrazone groups is 1. The van der Waals surface area contributed by atoms with Crippen LogP contribution in [0.4, 0.5) is 0 Å². The van der Waals surface area contributed by atoms with Gasteiger partial charge in [-0.1, -0.05) is 25.4 Å². The molecule has 0 atom stereocenters. The normalized spacial score (nSPS) is 11.1. The summed E-state index contributed by atoms with van der Waals surface area (Å²) in [5.74, 6) is 0.708. The highest BCUT2D eigenvalue weighted by molar-refractivity contribution is 6.32. The van der Waals surface area contributed by atoms with E-state index in [0.717, 1.165) is 0 Å². The topological polar surface area (TPSA) is 106 Å². The van der Waals surface area contributed by atoms with Gasteiger partial charge < -0.3 is 14.5 Å². The van der Waals surface area contributed by atoms with Crippen LogP contribution in [0.5, 0.6) is 11.5 Å². The van der Waals surface area contributed by atoms with Crippen molar-refractivity contribution >= 4 is 23.7 Å². The molecular formula is C19H23ClN4O4. The first-order valence-electron chi connectivity index (χ1n) is 8.80. The number of halogens is 1. The van der Waals surface area contributed by atoms with Crippen molar-refractivity contribution in [2.75, 3.05) is 13.2 Å². The smallest absolute Gasteiger partial charge is 0.345 e. The van der Waals surface area contributed by atoms with Crippen molar-refractivity contribution in [2.24, 2.45) is 11.0 Å². The Kier molecular flexibility index (Phi) is 7.57. The summed E-state index contributed by atoms with van der Waals surface area (Å²) in [6, 6.07) is 4.83. The zero-order chi connectivity index (χ0) is 20.7. The van der Waals surface area contributed by atoms with Gasteiger partial charge in [-0.05, 0) is 43.5 Å². The molecular weight excluding hydrogens is 384 g/mol. The molecule has 9 heteroatoms. The van der Waals surface area contributed by atoms with Gasteiger partial charge in [0.15, 0.2) is 11.5 Å². The Morgan fingerprint density at radius 1 is 1.36 bits per heavy atom. The Labute approximate surface area is 167 Å². The Bertz CT molecular complexity index is 925. The van der Waals surface area contributed by atoms with Crippen LogP contribution in [0.15, 0.2) is 28.1 Å². The molecule has 0 unspecified atom stereocenters. The molecule has 0 aliphatic rings. The minimum atomic E-state index is -0.599. The van der Waals surface area contributed by atoms with Crippen LogP contribution < -0.4 is 20.6 Å². The highest BCUT2D eigenvalue weighted by atomic mass is 35.5. The zero-order valence-electron chi connectivity index (χ0n) is 16.2. The van der Waals surface area contributed by atoms with E-state index in [1.807, 2.05) is 20.8 Å². The largest absolute Gasteiger partial charge is 0.490 e. The first-order valence-corrected chi connectivity index (χ1v) is 9.18. The molecule has 1 aromatic carbocycles. The van der Waals surface area contributed by atoms with E-state index in [1.54, 1.807) is 19.1 Å². The average Bonchev–Trinajstić information content (AvgIpc) is 2.60. The predicted octanol–water partition coefficient (Wildman–Crippen LogP) is 2.93. The van der Waals surface area contributed by atoms with Gasteiger partial charge in [-0.3, -0.25) is 4.79 Å². The maximum atomic E-state index is 12.1. The molecule has 0 saturated carbocycles. The Morgan fingerprint density at radius 3 is 2.75 bits per heavy atom. The number of carbonyl (C=O) groups is 1. The lowest BCUT2D eigenvalue weighted by molar-refractivity contribution is 0.0949. The van der Waals surface area contributed by atoms with E-state index in [9.17, 15) is 9.59 Å². The van der Waals surface area contributed by atoms with E-state index in [0.29, 0.717) is 46.9 Å². The van der Waals surface area contributed by atoms with Crippen molar-refractivity contribution in [2.45, 2.75) is 27.7 Å². The third-order valence-electron chi connectivity index (χ3n) is 3.38. The summed E-state index contributed by atoms with van der Waals surface area (Å²) in [7, 11) is 0. The standard InChI is InChI=1S/C19H23ClN4O4/c1-5-27-16-8-13(7-14(20)17(16)28-10-11(2)3)9-21-24-18(25)15-6-12(4)22-19(26)23-15/h6-9,11H,5,10H2,1-4H3,(H,24,25)(H,22,23,26)/b21-9+. The number of nitrogens with zero attached hydrogens (tertiary/aromatic N) is 2. The SMILES string of the molecule is CCOc1cc(/C=N/NC(=O)c2cc(C)[nH]c(=O)n2)cc(Cl)c1OCC(C)C. The minimum absolute atomic E-state index is 0.0242. The van der Waals surface area contributed by atoms with E-state index in [-0.39, 0.29) is 5.69 Å². The molecule has 2 aromatic rings. The molecule has 0 aliphatic carbocycles. The molecule has 0 saturated heterocycles. The molecule has 0 radical (unpaired) electrons. The first-order chi connectivity index (χ1) is 13.3. The number of carbonyl (C=O) groups excluding carboxylic acids is 1. The van der Waals surface area contributed by atoms with Gasteiger partial charge >= 0.3 is 5.69 Å². The highest BCUT2D eigenvalue weighted by Gasteiger charge is 2.13. The lowest BCUT2D eigenvalue weighted by Gasteiger charge is -2.15. The Balaban J connectivity index is 2.16. The summed E-state index contributed by atoms with van der Waals surface area (Å²) in [6.45, 7) is 8.54. The second kappa shape index (κ2) is 9.89. The van der Waals surface area contributed by atoms with E-state index < -0.39 is 11.6 Å². The molecule has 0 bridgehead atoms. The van der Waals surface area contributed by atoms with Gasteiger partial charge in [-0.15, -0.1) is 0 Å². The van der Waals surface area contributed by atoms with Crippen LogP contribution in [0.1, 0.15) is 42.5 Å². The van der Waals surface area contributed by atoms with Gasteiger partial charge in [0.05, 0.1) is 24.5 Å². The summed E-state index contributed by atoms with van der Waals surface area (Å²) in [5, 5.41) is 4.27. The van der Waals surface area contributed by atoms with E-state index in [1.165, 1.54) is 12.3 Å². The summed E-state index contributed by atoms with van der Waals surface area (Å²) < 4.78 is 11.4. The van der Waals surface area contributed by atoms with Crippen LogP contribution >= 0.6 is 11.6 Å². The second-order valence-corrected chi connectivity index (χ2v) is 6.83. The number of amides is 1. The van der Waals surface area contributed by atoms with Crippen LogP contribution in [0, 0.1) is 12.8 Å². The lowest BCUT2D eigenvalue weighted by atomic mass is 10.2. The van der Waals surface area contributed by atoms with Gasteiger partial charge in [0, 0.05) is 5.69 Å². The van der Waals surface area contributed by atoms with Crippen LogP contribution in [-0.4, -0.2) is 35.3 Å². The average molecular weight is 407 g/mol. The maximum absolute atomic E-state index is 12.1. The predicted molar refractivity (Wildman–Crippen MR) is 108 cm³/mol. The van der Waals surface area contributed by atoms with Crippen molar-refractivity contribution < 1.29 is 14.3 Å². The summed E-state index contributed by atoms with van der Waals surface area (Å²) in [6.07, 6.45) is 1.42. The van der Waals surface area contributed by atoms with Crippen molar-refractivity contribution in [1.29, 1.82) is 0 Å². The van der Waals surface area contributed by atoms with Gasteiger partial charge in [-0.2, -0.15) is 10.1 Å². The van der Waals surface area contributed by atoms with Gasteiger partial charge in [0.2, 0.25) is 0 Å². The summed E-state index contributed by atoms with van der Waals surface area (Å²) in [5.41, 5.74) is 2.84. The number of aromatic amines is 1. The van der Waals surface area contributed by atoms with Crippen LogP contribution in [0.2, 0.25) is 5.02 Å². The fraction of sp³-hybridized carbons (Fsp3) is 0.368. The number of hydrogen-bond acceptors (Lipinski definition) is 6. The third kappa shape index (κ3) is 6.09. The fourth-order valence-electron chi connectivity index (χ4n) is 2.23. The van der Waals surface area contributed by atoms with Crippen LogP contribution in [-0.2, 0) is 0 Å². The van der Waals surface area contributed by atoms with Crippen molar-refractivity contribution in [3.8, 4) is 11.5 Å². The molecule has 150 valence electrons. The lowest BCUT2D eigenvalue weighted by Crippen LogP contribution is -2.24. The van der Waals surface area contributed by atoms with Crippen LogP contribution in [0.3, 0.4) is 0 Å². The Hall–Kier alpha value is -2.87. The van der Waals surface area contributed by atoms with Crippen molar-refractivity contribution in [3.63, 3.8) is 0 Å². The first kappa shape index (κ1) is 21.4. The summed E-state index contributed by atoms with van der Waals surface area (Å²) in [4.78, 5) is 29.5. The third-order valence-corrected chi connectivity index (χ3v) is 3.67. The summed E-state index contributed by atoms with van der Waals surface area (Å²) >= 11 is 6.32. The number of aromatic nitrogens is 2. The molecule has 1 heterocycles. The molecule has 28 heavy (non-hydrogen) atoms. The van der Waals surface area contributed by atoms with Gasteiger partial charge in [0.1, 0.15) is 5.69 Å². The monoisotopic (exact) mass is 406 g/mol. The molecule has 8 nitrogen and oxygen atoms in total. The van der Waals surface area contributed by atoms with E-state index in [2.05, 4.69) is 20.5 Å². The van der Waals surface area contributed by atoms with E-state index in [4.69, 9.17) is 21.1 Å². The molecule has 0 fully saturated rings. The Morgan fingerprint density at radius 2 is 2.11 bits per heavy atom. The molecule has 0 spiro atoms. The van der Waals surface area contributed by atoms with Gasteiger partial charge in [-0.25, -0.2) is 10.2 Å². The molecule has 0 aliphatic heterocycles. The molecule has 2 N–H and O–H groups in total. The minimum Gasteiger partial charge on any atom is -0.490 e. The number of ether oxygens (including phenoxy) is 2. The molecule has 1 amide bonds. The number of rotatable bonds is 8. The van der Waals surface area contributed by atoms with Crippen molar-refractivity contribution in [1.82, 2.24) is 15.4 Å². The maximum Gasteiger partial charge on any atom is 0.345 e. The number of H-pyrrole nitrogens is 1. The van der Waals surface area contributed by atoms with E-state index >= 15 is 0 Å². The van der Waals surface area contributed by atoms with Crippen molar-refractivity contribution in [3.05, 3.63) is 50.7 Å².